The van der Waals surface area contributed by atoms with Crippen LogP contribution >= 0.6 is 0 Å². The normalized spacial score (nSPS) is 10.3. The molecule has 76 valence electrons. The quantitative estimate of drug-likeness (QED) is 0.666. The molecule has 1 aromatic heterocycles. The first kappa shape index (κ1) is 10.7. The number of hydrogen-bond acceptors (Lipinski definition) is 4. The lowest BCUT2D eigenvalue weighted by Crippen LogP contribution is -2.21. The molecule has 1 heterocycles. The monoisotopic (exact) mass is 194 g/mol. The third kappa shape index (κ3) is 2.81. The number of aromatic nitrogens is 1. The van der Waals surface area contributed by atoms with Crippen molar-refractivity contribution in [1.29, 1.82) is 0 Å². The Kier molecular flexibility index (Phi) is 3.59. The molecule has 1 rings (SSSR count). The molecule has 0 aliphatic rings. The summed E-state index contributed by atoms with van der Waals surface area (Å²) in [6.07, 6.45) is 3.13. The van der Waals surface area contributed by atoms with Gasteiger partial charge in [-0.15, -0.1) is 0 Å². The molecule has 0 saturated heterocycles. The van der Waals surface area contributed by atoms with Gasteiger partial charge in [-0.1, -0.05) is 0 Å². The zero-order valence-corrected chi connectivity index (χ0v) is 8.65. The van der Waals surface area contributed by atoms with Gasteiger partial charge in [-0.05, 0) is 20.2 Å². The van der Waals surface area contributed by atoms with E-state index in [9.17, 15) is 4.79 Å². The molecule has 0 aromatic carbocycles. The molecule has 1 aromatic rings. The standard InChI is InChI=1S/C10H14N2O2/c1-12(2)7-10(13)8-4-9(14-3)6-11-5-8/h4-6H,7H2,1-3H3. The van der Waals surface area contributed by atoms with Gasteiger partial charge in [0.1, 0.15) is 5.75 Å². The van der Waals surface area contributed by atoms with Crippen LogP contribution in [0.3, 0.4) is 0 Å². The Balaban J connectivity index is 2.79. The van der Waals surface area contributed by atoms with Crippen LogP contribution in [-0.4, -0.2) is 43.4 Å². The van der Waals surface area contributed by atoms with Crippen LogP contribution in [0.4, 0.5) is 0 Å². The Labute approximate surface area is 83.5 Å². The van der Waals surface area contributed by atoms with Crippen LogP contribution < -0.4 is 4.74 Å². The van der Waals surface area contributed by atoms with E-state index < -0.39 is 0 Å². The maximum Gasteiger partial charge on any atom is 0.178 e. The van der Waals surface area contributed by atoms with Gasteiger partial charge in [0.05, 0.1) is 19.9 Å². The fraction of sp³-hybridized carbons (Fsp3) is 0.400. The van der Waals surface area contributed by atoms with Gasteiger partial charge in [-0.2, -0.15) is 0 Å². The van der Waals surface area contributed by atoms with Gasteiger partial charge in [-0.25, -0.2) is 0 Å². The highest BCUT2D eigenvalue weighted by Gasteiger charge is 2.07. The van der Waals surface area contributed by atoms with Crippen LogP contribution in [0.5, 0.6) is 5.75 Å². The fourth-order valence-corrected chi connectivity index (χ4v) is 1.06. The molecule has 0 spiro atoms. The molecule has 0 bridgehead atoms. The minimum atomic E-state index is 0.0430. The van der Waals surface area contributed by atoms with Crippen LogP contribution in [0.25, 0.3) is 0 Å². The minimum Gasteiger partial charge on any atom is -0.495 e. The van der Waals surface area contributed by atoms with E-state index in [1.165, 1.54) is 0 Å². The number of Topliss-reactive ketones (excluding diaryl/α,β-unsaturated/α-hetero) is 1. The van der Waals surface area contributed by atoms with E-state index in [4.69, 9.17) is 4.74 Å². The molecule has 0 aliphatic carbocycles. The summed E-state index contributed by atoms with van der Waals surface area (Å²) in [7, 11) is 5.26. The highest BCUT2D eigenvalue weighted by atomic mass is 16.5. The summed E-state index contributed by atoms with van der Waals surface area (Å²) < 4.78 is 4.98. The molecule has 0 amide bonds. The van der Waals surface area contributed by atoms with E-state index in [1.807, 2.05) is 19.0 Å². The topological polar surface area (TPSA) is 42.4 Å². The minimum absolute atomic E-state index is 0.0430. The summed E-state index contributed by atoms with van der Waals surface area (Å²) in [6, 6.07) is 1.69. The molecule has 0 saturated carbocycles. The molecular formula is C10H14N2O2. The molecule has 0 radical (unpaired) electrons. The third-order valence-electron chi connectivity index (χ3n) is 1.73. The molecule has 0 fully saturated rings. The third-order valence-corrected chi connectivity index (χ3v) is 1.73. The maximum atomic E-state index is 11.6. The van der Waals surface area contributed by atoms with Gasteiger partial charge >= 0.3 is 0 Å². The number of carbonyl (C=O) groups is 1. The van der Waals surface area contributed by atoms with Crippen molar-refractivity contribution in [3.63, 3.8) is 0 Å². The van der Waals surface area contributed by atoms with Crippen LogP contribution in [0.15, 0.2) is 18.5 Å². The Morgan fingerprint density at radius 1 is 1.50 bits per heavy atom. The van der Waals surface area contributed by atoms with Crippen molar-refractivity contribution < 1.29 is 9.53 Å². The Morgan fingerprint density at radius 2 is 2.21 bits per heavy atom. The number of rotatable bonds is 4. The van der Waals surface area contributed by atoms with Crippen molar-refractivity contribution in [3.05, 3.63) is 24.0 Å². The molecular weight excluding hydrogens is 180 g/mol. The summed E-state index contributed by atoms with van der Waals surface area (Å²) >= 11 is 0. The second-order valence-electron chi connectivity index (χ2n) is 3.27. The smallest absolute Gasteiger partial charge is 0.178 e. The number of ketones is 1. The second kappa shape index (κ2) is 4.72. The van der Waals surface area contributed by atoms with E-state index in [0.717, 1.165) is 0 Å². The number of ether oxygens (including phenoxy) is 1. The molecule has 0 atom stereocenters. The molecule has 4 heteroatoms. The van der Waals surface area contributed by atoms with E-state index in [0.29, 0.717) is 17.9 Å². The Morgan fingerprint density at radius 3 is 2.79 bits per heavy atom. The van der Waals surface area contributed by atoms with Crippen molar-refractivity contribution in [2.75, 3.05) is 27.7 Å². The van der Waals surface area contributed by atoms with Gasteiger partial charge < -0.3 is 9.64 Å². The first-order valence-corrected chi connectivity index (χ1v) is 4.30. The second-order valence-corrected chi connectivity index (χ2v) is 3.27. The molecule has 4 nitrogen and oxygen atoms in total. The lowest BCUT2D eigenvalue weighted by atomic mass is 10.2. The van der Waals surface area contributed by atoms with Crippen LogP contribution in [0, 0.1) is 0 Å². The predicted molar refractivity (Wildman–Crippen MR) is 53.7 cm³/mol. The van der Waals surface area contributed by atoms with Gasteiger partial charge in [0.25, 0.3) is 0 Å². The first-order valence-electron chi connectivity index (χ1n) is 4.30. The Bertz CT molecular complexity index is 324. The summed E-state index contributed by atoms with van der Waals surface area (Å²) in [6.45, 7) is 0.384. The first-order chi connectivity index (χ1) is 6.63. The van der Waals surface area contributed by atoms with E-state index in [1.54, 1.807) is 25.6 Å². The summed E-state index contributed by atoms with van der Waals surface area (Å²) in [5.41, 5.74) is 0.582. The number of pyridine rings is 1. The summed E-state index contributed by atoms with van der Waals surface area (Å²) in [4.78, 5) is 17.3. The van der Waals surface area contributed by atoms with Crippen molar-refractivity contribution in [2.24, 2.45) is 0 Å². The largest absolute Gasteiger partial charge is 0.495 e. The highest BCUT2D eigenvalue weighted by Crippen LogP contribution is 2.10. The number of hydrogen-bond donors (Lipinski definition) is 0. The van der Waals surface area contributed by atoms with E-state index in [2.05, 4.69) is 4.98 Å². The Hall–Kier alpha value is -1.42. The van der Waals surface area contributed by atoms with Crippen LogP contribution in [-0.2, 0) is 0 Å². The SMILES string of the molecule is COc1cncc(C(=O)CN(C)C)c1. The predicted octanol–water partition coefficient (Wildman–Crippen LogP) is 0.834. The van der Waals surface area contributed by atoms with Crippen molar-refractivity contribution in [2.45, 2.75) is 0 Å². The lowest BCUT2D eigenvalue weighted by molar-refractivity contribution is 0.0957. The van der Waals surface area contributed by atoms with Crippen LogP contribution in [0.1, 0.15) is 10.4 Å². The molecule has 0 aliphatic heterocycles. The zero-order valence-electron chi connectivity index (χ0n) is 8.65. The highest BCUT2D eigenvalue weighted by molar-refractivity contribution is 5.97. The van der Waals surface area contributed by atoms with Crippen molar-refractivity contribution in [3.8, 4) is 5.75 Å². The molecule has 0 N–H and O–H groups in total. The molecule has 14 heavy (non-hydrogen) atoms. The van der Waals surface area contributed by atoms with Gasteiger partial charge in [0.15, 0.2) is 5.78 Å². The molecule has 0 unspecified atom stereocenters. The van der Waals surface area contributed by atoms with Crippen molar-refractivity contribution in [1.82, 2.24) is 9.88 Å². The summed E-state index contributed by atoms with van der Waals surface area (Å²) in [5, 5.41) is 0. The zero-order chi connectivity index (χ0) is 10.6. The summed E-state index contributed by atoms with van der Waals surface area (Å²) in [5.74, 6) is 0.649. The fourth-order valence-electron chi connectivity index (χ4n) is 1.06. The number of nitrogens with zero attached hydrogens (tertiary/aromatic N) is 2. The van der Waals surface area contributed by atoms with Crippen molar-refractivity contribution >= 4 is 5.78 Å². The number of likely N-dealkylation sites (N-methyl/N-ethyl adjacent to an activating group) is 1. The van der Waals surface area contributed by atoms with E-state index in [-0.39, 0.29) is 5.78 Å². The van der Waals surface area contributed by atoms with Gasteiger partial charge in [-0.3, -0.25) is 9.78 Å². The van der Waals surface area contributed by atoms with Gasteiger partial charge in [0, 0.05) is 11.8 Å². The maximum absolute atomic E-state index is 11.6. The van der Waals surface area contributed by atoms with Crippen LogP contribution in [0.2, 0.25) is 0 Å². The average Bonchev–Trinajstić information content (AvgIpc) is 2.17. The number of carbonyl (C=O) groups excluding carboxylic acids is 1. The number of methoxy groups -OCH3 is 1. The lowest BCUT2D eigenvalue weighted by Gasteiger charge is -2.08. The average molecular weight is 194 g/mol. The van der Waals surface area contributed by atoms with E-state index >= 15 is 0 Å². The van der Waals surface area contributed by atoms with Gasteiger partial charge in [0.2, 0.25) is 0 Å².